The van der Waals surface area contributed by atoms with Gasteiger partial charge in [0.05, 0.1) is 10.6 Å². The highest BCUT2D eigenvalue weighted by Gasteiger charge is 2.14. The number of fused-ring (bicyclic) bond motifs is 1. The third-order valence-electron chi connectivity index (χ3n) is 2.10. The summed E-state index contributed by atoms with van der Waals surface area (Å²) in [6, 6.07) is 0. The second kappa shape index (κ2) is 3.58. The fraction of sp³-hybridized carbons (Fsp3) is 0.250. The molecule has 0 aromatic carbocycles. The van der Waals surface area contributed by atoms with Gasteiger partial charge >= 0.3 is 0 Å². The Morgan fingerprint density at radius 1 is 1.44 bits per heavy atom. The van der Waals surface area contributed by atoms with Crippen LogP contribution in [0.25, 0.3) is 14.8 Å². The zero-order valence-corrected chi connectivity index (χ0v) is 10.0. The van der Waals surface area contributed by atoms with Crippen LogP contribution in [-0.4, -0.2) is 24.8 Å². The van der Waals surface area contributed by atoms with Crippen LogP contribution in [0.5, 0.6) is 0 Å². The van der Waals surface area contributed by atoms with Gasteiger partial charge in [0.25, 0.3) is 0 Å². The lowest BCUT2D eigenvalue weighted by Gasteiger charge is -1.88. The van der Waals surface area contributed by atoms with Crippen molar-refractivity contribution in [2.24, 2.45) is 5.73 Å². The first-order valence-electron chi connectivity index (χ1n) is 4.61. The molecule has 0 aliphatic rings. The first kappa shape index (κ1) is 9.82. The van der Waals surface area contributed by atoms with Gasteiger partial charge in [-0.3, -0.25) is 0 Å². The summed E-state index contributed by atoms with van der Waals surface area (Å²) in [7, 11) is 0. The molecule has 0 atom stereocenters. The molecule has 6 nitrogen and oxygen atoms in total. The maximum absolute atomic E-state index is 5.57. The van der Waals surface area contributed by atoms with E-state index in [-0.39, 0.29) is 0 Å². The van der Waals surface area contributed by atoms with Crippen molar-refractivity contribution in [3.8, 4) is 9.88 Å². The van der Waals surface area contributed by atoms with E-state index in [1.807, 2.05) is 6.92 Å². The largest absolute Gasteiger partial charge is 0.325 e. The van der Waals surface area contributed by atoms with Gasteiger partial charge in [-0.05, 0) is 6.92 Å². The molecule has 0 unspecified atom stereocenters. The van der Waals surface area contributed by atoms with Crippen LogP contribution in [0.15, 0.2) is 6.33 Å². The minimum atomic E-state index is 0.468. The third kappa shape index (κ3) is 1.42. The van der Waals surface area contributed by atoms with Crippen molar-refractivity contribution in [3.63, 3.8) is 0 Å². The smallest absolute Gasteiger partial charge is 0.234 e. The minimum absolute atomic E-state index is 0.468. The second-order valence-corrected chi connectivity index (χ2v) is 5.23. The Balaban J connectivity index is 2.14. The molecule has 3 rings (SSSR count). The summed E-state index contributed by atoms with van der Waals surface area (Å²) in [4.78, 5) is 6.23. The van der Waals surface area contributed by atoms with E-state index in [4.69, 9.17) is 5.73 Å². The molecule has 0 aliphatic carbocycles. The van der Waals surface area contributed by atoms with Crippen molar-refractivity contribution < 1.29 is 0 Å². The lowest BCUT2D eigenvalue weighted by molar-refractivity contribution is 0.959. The van der Waals surface area contributed by atoms with Crippen LogP contribution in [0.4, 0.5) is 0 Å². The summed E-state index contributed by atoms with van der Waals surface area (Å²) in [6.07, 6.45) is 1.59. The van der Waals surface area contributed by atoms with Crippen molar-refractivity contribution >= 4 is 27.6 Å². The molecule has 3 aromatic rings. The molecule has 0 radical (unpaired) electrons. The van der Waals surface area contributed by atoms with Crippen LogP contribution < -0.4 is 5.73 Å². The van der Waals surface area contributed by atoms with Gasteiger partial charge in [-0.15, -0.1) is 21.5 Å². The predicted molar refractivity (Wildman–Crippen MR) is 62.4 cm³/mol. The van der Waals surface area contributed by atoms with Crippen LogP contribution >= 0.6 is 22.7 Å². The average Bonchev–Trinajstić information content (AvgIpc) is 2.89. The maximum atomic E-state index is 5.57. The normalized spacial score (nSPS) is 11.4. The molecule has 0 bridgehead atoms. The number of aromatic nitrogens is 5. The summed E-state index contributed by atoms with van der Waals surface area (Å²) in [5.41, 5.74) is 6.54. The summed E-state index contributed by atoms with van der Waals surface area (Å²) < 4.78 is 1.67. The van der Waals surface area contributed by atoms with Crippen molar-refractivity contribution in [3.05, 3.63) is 17.0 Å². The Morgan fingerprint density at radius 3 is 3.00 bits per heavy atom. The van der Waals surface area contributed by atoms with Crippen LogP contribution in [0.2, 0.25) is 0 Å². The molecule has 3 heterocycles. The lowest BCUT2D eigenvalue weighted by atomic mass is 10.4. The molecular weight excluding hydrogens is 244 g/mol. The zero-order valence-electron chi connectivity index (χ0n) is 8.41. The molecule has 0 spiro atoms. The number of thiazole rings is 1. The van der Waals surface area contributed by atoms with Crippen molar-refractivity contribution in [1.29, 1.82) is 0 Å². The van der Waals surface area contributed by atoms with Crippen LogP contribution in [-0.2, 0) is 6.54 Å². The monoisotopic (exact) mass is 252 g/mol. The number of aryl methyl sites for hydroxylation is 1. The molecular formula is C8H8N6S2. The Bertz CT molecular complexity index is 607. The number of hydrogen-bond acceptors (Lipinski definition) is 7. The molecule has 2 N–H and O–H groups in total. The molecule has 0 saturated heterocycles. The summed E-state index contributed by atoms with van der Waals surface area (Å²) in [5.74, 6) is 0. The highest BCUT2D eigenvalue weighted by atomic mass is 32.1. The van der Waals surface area contributed by atoms with Gasteiger partial charge in [-0.25, -0.2) is 4.98 Å². The molecule has 0 aliphatic heterocycles. The molecule has 0 fully saturated rings. The highest BCUT2D eigenvalue weighted by Crippen LogP contribution is 2.32. The fourth-order valence-electron chi connectivity index (χ4n) is 1.39. The Morgan fingerprint density at radius 2 is 2.31 bits per heavy atom. The average molecular weight is 252 g/mol. The quantitative estimate of drug-likeness (QED) is 0.738. The lowest BCUT2D eigenvalue weighted by Crippen LogP contribution is -1.94. The molecule has 16 heavy (non-hydrogen) atoms. The summed E-state index contributed by atoms with van der Waals surface area (Å²) >= 11 is 3.08. The van der Waals surface area contributed by atoms with Crippen LogP contribution in [0.3, 0.4) is 0 Å². The standard InChI is InChI=1S/C8H8N6S2/c1-4-6(15-5(2-9)11-4)7-13-14-3-10-12-8(14)16-7/h3H,2,9H2,1H3. The number of hydrogen-bond donors (Lipinski definition) is 1. The van der Waals surface area contributed by atoms with Gasteiger partial charge in [0.2, 0.25) is 4.96 Å². The Kier molecular flexibility index (Phi) is 2.20. The van der Waals surface area contributed by atoms with E-state index < -0.39 is 0 Å². The van der Waals surface area contributed by atoms with Crippen LogP contribution in [0.1, 0.15) is 10.7 Å². The number of rotatable bonds is 2. The minimum Gasteiger partial charge on any atom is -0.325 e. The molecule has 8 heteroatoms. The van der Waals surface area contributed by atoms with E-state index in [0.717, 1.165) is 25.5 Å². The van der Waals surface area contributed by atoms with Crippen molar-refractivity contribution in [1.82, 2.24) is 24.8 Å². The highest BCUT2D eigenvalue weighted by molar-refractivity contribution is 7.24. The van der Waals surface area contributed by atoms with E-state index in [1.165, 1.54) is 11.3 Å². The predicted octanol–water partition coefficient (Wildman–Crippen LogP) is 1.08. The van der Waals surface area contributed by atoms with Crippen LogP contribution in [0, 0.1) is 6.92 Å². The number of nitrogens with two attached hydrogens (primary N) is 1. The maximum Gasteiger partial charge on any atom is 0.234 e. The van der Waals surface area contributed by atoms with Crippen molar-refractivity contribution in [2.45, 2.75) is 13.5 Å². The first-order valence-corrected chi connectivity index (χ1v) is 6.25. The molecule has 0 amide bonds. The fourth-order valence-corrected chi connectivity index (χ4v) is 3.27. The summed E-state index contributed by atoms with van der Waals surface area (Å²) in [6.45, 7) is 2.43. The first-order chi connectivity index (χ1) is 7.78. The van der Waals surface area contributed by atoms with Gasteiger partial charge < -0.3 is 5.73 Å². The molecule has 82 valence electrons. The number of nitrogens with zero attached hydrogens (tertiary/aromatic N) is 5. The van der Waals surface area contributed by atoms with Gasteiger partial charge in [-0.2, -0.15) is 9.61 Å². The Hall–Kier alpha value is -1.38. The molecule has 0 saturated carbocycles. The third-order valence-corrected chi connectivity index (χ3v) is 4.34. The van der Waals surface area contributed by atoms with Gasteiger partial charge in [-0.1, -0.05) is 11.3 Å². The summed E-state index contributed by atoms with van der Waals surface area (Å²) in [5, 5.41) is 14.0. The van der Waals surface area contributed by atoms with E-state index >= 15 is 0 Å². The Labute approximate surface area is 98.8 Å². The molecule has 3 aromatic heterocycles. The van der Waals surface area contributed by atoms with Gasteiger partial charge in [0.15, 0.2) is 5.01 Å². The van der Waals surface area contributed by atoms with Gasteiger partial charge in [0.1, 0.15) is 11.3 Å². The van der Waals surface area contributed by atoms with Gasteiger partial charge in [0, 0.05) is 6.54 Å². The van der Waals surface area contributed by atoms with E-state index in [9.17, 15) is 0 Å². The second-order valence-electron chi connectivity index (χ2n) is 3.19. The SMILES string of the molecule is Cc1nc(CN)sc1-c1nn2cnnc2s1. The van der Waals surface area contributed by atoms with E-state index in [0.29, 0.717) is 6.54 Å². The van der Waals surface area contributed by atoms with Crippen molar-refractivity contribution in [2.75, 3.05) is 0 Å². The van der Waals surface area contributed by atoms with E-state index in [1.54, 1.807) is 22.2 Å². The topological polar surface area (TPSA) is 82.0 Å². The van der Waals surface area contributed by atoms with E-state index in [2.05, 4.69) is 20.3 Å². The zero-order chi connectivity index (χ0) is 11.1.